The van der Waals surface area contributed by atoms with Gasteiger partial charge in [-0.1, -0.05) is 13.8 Å². The number of rotatable bonds is 7. The molecule has 0 aliphatic carbocycles. The molecule has 0 amide bonds. The van der Waals surface area contributed by atoms with Gasteiger partial charge in [0.15, 0.2) is 0 Å². The number of piperidine rings is 1. The van der Waals surface area contributed by atoms with Gasteiger partial charge in [-0.3, -0.25) is 4.68 Å². The molecule has 0 bridgehead atoms. The predicted octanol–water partition coefficient (Wildman–Crippen LogP) is 1.39. The van der Waals surface area contributed by atoms with E-state index in [9.17, 15) is 0 Å². The lowest BCUT2D eigenvalue weighted by Crippen LogP contribution is -2.38. The van der Waals surface area contributed by atoms with Crippen molar-refractivity contribution in [2.24, 2.45) is 0 Å². The summed E-state index contributed by atoms with van der Waals surface area (Å²) in [7, 11) is 0. The summed E-state index contributed by atoms with van der Waals surface area (Å²) >= 11 is 0. The zero-order valence-electron chi connectivity index (χ0n) is 12.2. The van der Waals surface area contributed by atoms with Crippen LogP contribution in [-0.4, -0.2) is 53.4 Å². The molecule has 108 valence electrons. The number of hydrogen-bond donors (Lipinski definition) is 2. The molecule has 1 aliphatic heterocycles. The van der Waals surface area contributed by atoms with Gasteiger partial charge in [-0.05, 0) is 32.5 Å². The Kier molecular flexibility index (Phi) is 5.66. The summed E-state index contributed by atoms with van der Waals surface area (Å²) in [6.07, 6.45) is 6.57. The summed E-state index contributed by atoms with van der Waals surface area (Å²) in [5, 5.41) is 11.4. The molecule has 2 N–H and O–H groups in total. The van der Waals surface area contributed by atoms with Crippen LogP contribution in [0.15, 0.2) is 12.4 Å². The molecule has 19 heavy (non-hydrogen) atoms. The van der Waals surface area contributed by atoms with Crippen molar-refractivity contribution >= 4 is 5.69 Å². The van der Waals surface area contributed by atoms with Gasteiger partial charge in [-0.25, -0.2) is 0 Å². The monoisotopic (exact) mass is 265 g/mol. The summed E-state index contributed by atoms with van der Waals surface area (Å²) in [4.78, 5) is 2.42. The van der Waals surface area contributed by atoms with Crippen LogP contribution in [0.2, 0.25) is 0 Å². The fourth-order valence-corrected chi connectivity index (χ4v) is 2.55. The lowest BCUT2D eigenvalue weighted by atomic mass is 10.1. The van der Waals surface area contributed by atoms with Crippen molar-refractivity contribution in [2.75, 3.05) is 38.0 Å². The van der Waals surface area contributed by atoms with Gasteiger partial charge in [-0.2, -0.15) is 5.10 Å². The van der Waals surface area contributed by atoms with Crippen LogP contribution in [0.4, 0.5) is 5.69 Å². The SMILES string of the molecule is CCN(CC)CCn1cc(NC2CCCNC2)cn1. The second-order valence-electron chi connectivity index (χ2n) is 5.21. The molecule has 1 saturated heterocycles. The second kappa shape index (κ2) is 7.50. The van der Waals surface area contributed by atoms with E-state index in [-0.39, 0.29) is 0 Å². The zero-order chi connectivity index (χ0) is 13.5. The first-order valence-corrected chi connectivity index (χ1v) is 7.54. The van der Waals surface area contributed by atoms with Crippen LogP contribution in [0.5, 0.6) is 0 Å². The zero-order valence-corrected chi connectivity index (χ0v) is 12.2. The van der Waals surface area contributed by atoms with Crippen molar-refractivity contribution in [1.29, 1.82) is 0 Å². The van der Waals surface area contributed by atoms with Crippen LogP contribution < -0.4 is 10.6 Å². The lowest BCUT2D eigenvalue weighted by Gasteiger charge is -2.23. The quantitative estimate of drug-likeness (QED) is 0.782. The van der Waals surface area contributed by atoms with E-state index in [1.807, 2.05) is 10.9 Å². The summed E-state index contributed by atoms with van der Waals surface area (Å²) < 4.78 is 2.04. The van der Waals surface area contributed by atoms with Gasteiger partial charge < -0.3 is 15.5 Å². The maximum Gasteiger partial charge on any atom is 0.0729 e. The molecule has 0 spiro atoms. The maximum absolute atomic E-state index is 4.43. The van der Waals surface area contributed by atoms with Gasteiger partial charge in [0.2, 0.25) is 0 Å². The first kappa shape index (κ1) is 14.3. The molecule has 1 unspecified atom stereocenters. The largest absolute Gasteiger partial charge is 0.378 e. The number of hydrogen-bond acceptors (Lipinski definition) is 4. The van der Waals surface area contributed by atoms with Gasteiger partial charge >= 0.3 is 0 Å². The molecule has 0 radical (unpaired) electrons. The Balaban J connectivity index is 1.77. The Morgan fingerprint density at radius 1 is 1.47 bits per heavy atom. The van der Waals surface area contributed by atoms with E-state index >= 15 is 0 Å². The van der Waals surface area contributed by atoms with E-state index in [0.717, 1.165) is 45.0 Å². The molecule has 1 fully saturated rings. The molecule has 0 aromatic carbocycles. The third kappa shape index (κ3) is 4.51. The summed E-state index contributed by atoms with van der Waals surface area (Å²) in [6.45, 7) is 10.9. The third-order valence-corrected chi connectivity index (χ3v) is 3.84. The highest BCUT2D eigenvalue weighted by molar-refractivity contribution is 5.39. The first-order chi connectivity index (χ1) is 9.31. The highest BCUT2D eigenvalue weighted by Gasteiger charge is 2.13. The van der Waals surface area contributed by atoms with Crippen LogP contribution in [0, 0.1) is 0 Å². The smallest absolute Gasteiger partial charge is 0.0729 e. The van der Waals surface area contributed by atoms with Crippen molar-refractivity contribution in [2.45, 2.75) is 39.3 Å². The van der Waals surface area contributed by atoms with Gasteiger partial charge in [0.1, 0.15) is 0 Å². The standard InChI is InChI=1S/C14H27N5/c1-3-18(4-2)8-9-19-12-14(11-16-19)17-13-6-5-7-15-10-13/h11-13,15,17H,3-10H2,1-2H3. The van der Waals surface area contributed by atoms with E-state index in [4.69, 9.17) is 0 Å². The molecule has 1 aromatic heterocycles. The molecule has 2 rings (SSSR count). The van der Waals surface area contributed by atoms with E-state index in [1.54, 1.807) is 0 Å². The fourth-order valence-electron chi connectivity index (χ4n) is 2.55. The Morgan fingerprint density at radius 3 is 3.00 bits per heavy atom. The van der Waals surface area contributed by atoms with Crippen LogP contribution in [0.3, 0.4) is 0 Å². The highest BCUT2D eigenvalue weighted by Crippen LogP contribution is 2.11. The molecule has 5 heteroatoms. The Morgan fingerprint density at radius 2 is 2.32 bits per heavy atom. The van der Waals surface area contributed by atoms with Crippen molar-refractivity contribution in [3.05, 3.63) is 12.4 Å². The third-order valence-electron chi connectivity index (χ3n) is 3.84. The van der Waals surface area contributed by atoms with E-state index in [0.29, 0.717) is 6.04 Å². The predicted molar refractivity (Wildman–Crippen MR) is 79.5 cm³/mol. The average molecular weight is 265 g/mol. The van der Waals surface area contributed by atoms with Crippen LogP contribution in [0.25, 0.3) is 0 Å². The molecule has 5 nitrogen and oxygen atoms in total. The minimum atomic E-state index is 0.550. The van der Waals surface area contributed by atoms with Gasteiger partial charge in [0.25, 0.3) is 0 Å². The van der Waals surface area contributed by atoms with Crippen LogP contribution >= 0.6 is 0 Å². The number of aromatic nitrogens is 2. The number of nitrogens with zero attached hydrogens (tertiary/aromatic N) is 3. The Hall–Kier alpha value is -1.07. The topological polar surface area (TPSA) is 45.1 Å². The van der Waals surface area contributed by atoms with Crippen molar-refractivity contribution < 1.29 is 0 Å². The van der Waals surface area contributed by atoms with Crippen molar-refractivity contribution in [3.8, 4) is 0 Å². The molecular formula is C14H27N5. The Labute approximate surface area is 116 Å². The molecule has 1 aliphatic rings. The van der Waals surface area contributed by atoms with Crippen molar-refractivity contribution in [1.82, 2.24) is 20.0 Å². The fraction of sp³-hybridized carbons (Fsp3) is 0.786. The minimum absolute atomic E-state index is 0.550. The van der Waals surface area contributed by atoms with E-state index in [1.165, 1.54) is 12.8 Å². The summed E-state index contributed by atoms with van der Waals surface area (Å²) in [6, 6.07) is 0.550. The lowest BCUT2D eigenvalue weighted by molar-refractivity contribution is 0.285. The highest BCUT2D eigenvalue weighted by atomic mass is 15.3. The van der Waals surface area contributed by atoms with E-state index in [2.05, 4.69) is 40.7 Å². The number of likely N-dealkylation sites (N-methyl/N-ethyl adjacent to an activating group) is 1. The summed E-state index contributed by atoms with van der Waals surface area (Å²) in [5.41, 5.74) is 1.15. The first-order valence-electron chi connectivity index (χ1n) is 7.54. The van der Waals surface area contributed by atoms with Gasteiger partial charge in [-0.15, -0.1) is 0 Å². The molecule has 0 saturated carbocycles. The molecule has 1 atom stereocenters. The molecular weight excluding hydrogens is 238 g/mol. The average Bonchev–Trinajstić information content (AvgIpc) is 2.89. The second-order valence-corrected chi connectivity index (χ2v) is 5.21. The van der Waals surface area contributed by atoms with Gasteiger partial charge in [0.05, 0.1) is 18.4 Å². The number of nitrogens with one attached hydrogen (secondary N) is 2. The maximum atomic E-state index is 4.43. The normalized spacial score (nSPS) is 19.8. The van der Waals surface area contributed by atoms with Crippen LogP contribution in [-0.2, 0) is 6.54 Å². The van der Waals surface area contributed by atoms with Crippen molar-refractivity contribution in [3.63, 3.8) is 0 Å². The number of anilines is 1. The van der Waals surface area contributed by atoms with E-state index < -0.39 is 0 Å². The van der Waals surface area contributed by atoms with Crippen LogP contribution in [0.1, 0.15) is 26.7 Å². The Bertz CT molecular complexity index is 352. The molecule has 2 heterocycles. The van der Waals surface area contributed by atoms with Gasteiger partial charge in [0, 0.05) is 25.3 Å². The molecule has 1 aromatic rings. The summed E-state index contributed by atoms with van der Waals surface area (Å²) in [5.74, 6) is 0. The minimum Gasteiger partial charge on any atom is -0.378 e.